The Hall–Kier alpha value is -2.84. The first-order chi connectivity index (χ1) is 16.4. The van der Waals surface area contributed by atoms with Crippen LogP contribution in [0.25, 0.3) is 10.9 Å². The summed E-state index contributed by atoms with van der Waals surface area (Å²) in [4.78, 5) is 11.8. The summed E-state index contributed by atoms with van der Waals surface area (Å²) in [6.07, 6.45) is 2.07. The van der Waals surface area contributed by atoms with Gasteiger partial charge in [0.15, 0.2) is 0 Å². The summed E-state index contributed by atoms with van der Waals surface area (Å²) in [5.41, 5.74) is 2.48. The minimum Gasteiger partial charge on any atom is -0.488 e. The zero-order valence-corrected chi connectivity index (χ0v) is 21.5. The Morgan fingerprint density at radius 1 is 1.09 bits per heavy atom. The van der Waals surface area contributed by atoms with Crippen molar-refractivity contribution in [1.82, 2.24) is 4.57 Å². The lowest BCUT2D eigenvalue weighted by atomic mass is 9.76. The quantitative estimate of drug-likeness (QED) is 0.353. The second-order valence-electron chi connectivity index (χ2n) is 10.3. The highest BCUT2D eigenvalue weighted by Gasteiger charge is 2.52. The third kappa shape index (κ3) is 4.95. The highest BCUT2D eigenvalue weighted by molar-refractivity contribution is 6.65. The Morgan fingerprint density at radius 2 is 1.77 bits per heavy atom. The van der Waals surface area contributed by atoms with Gasteiger partial charge in [0.05, 0.1) is 24.7 Å². The summed E-state index contributed by atoms with van der Waals surface area (Å²) in [6.45, 7) is 12.6. The number of carbonyl (C=O) groups is 1. The highest BCUT2D eigenvalue weighted by Crippen LogP contribution is 2.37. The van der Waals surface area contributed by atoms with Crippen molar-refractivity contribution in [3.63, 3.8) is 0 Å². The first-order valence-electron chi connectivity index (χ1n) is 11.9. The van der Waals surface area contributed by atoms with Crippen LogP contribution >= 0.6 is 0 Å². The van der Waals surface area contributed by atoms with E-state index in [4.69, 9.17) is 18.8 Å². The number of hydrogen-bond donors (Lipinski definition) is 0. The van der Waals surface area contributed by atoms with Gasteiger partial charge in [-0.05, 0) is 76.2 Å². The van der Waals surface area contributed by atoms with E-state index < -0.39 is 30.1 Å². The number of nitrogens with zero attached hydrogens (tertiary/aromatic N) is 1. The minimum absolute atomic E-state index is 0.000514. The largest absolute Gasteiger partial charge is 0.495 e. The van der Waals surface area contributed by atoms with E-state index in [0.717, 1.165) is 21.9 Å². The Morgan fingerprint density at radius 3 is 2.40 bits per heavy atom. The SMILES string of the molecule is COC(=O)Cc1ccc(F)cc1OCc1cc(B2OC(C)(C)C(C)(C)O2)c2ccn(C(C)C)c2c1. The van der Waals surface area contributed by atoms with Crippen LogP contribution in [0.5, 0.6) is 5.75 Å². The number of fused-ring (bicyclic) bond motifs is 1. The van der Waals surface area contributed by atoms with Crippen molar-refractivity contribution in [2.75, 3.05) is 7.11 Å². The average Bonchev–Trinajstić information content (AvgIpc) is 3.30. The zero-order chi connectivity index (χ0) is 25.5. The Balaban J connectivity index is 1.71. The Kier molecular flexibility index (Phi) is 6.73. The normalized spacial score (nSPS) is 16.8. The molecule has 0 spiro atoms. The third-order valence-corrected chi connectivity index (χ3v) is 6.98. The molecule has 0 saturated carbocycles. The molecule has 1 fully saturated rings. The van der Waals surface area contributed by atoms with Crippen molar-refractivity contribution in [2.24, 2.45) is 0 Å². The Bertz CT molecular complexity index is 1230. The predicted molar refractivity (Wildman–Crippen MR) is 134 cm³/mol. The van der Waals surface area contributed by atoms with Crippen LogP contribution < -0.4 is 10.2 Å². The maximum atomic E-state index is 14.0. The summed E-state index contributed by atoms with van der Waals surface area (Å²) >= 11 is 0. The van der Waals surface area contributed by atoms with Gasteiger partial charge in [-0.1, -0.05) is 12.1 Å². The van der Waals surface area contributed by atoms with Crippen LogP contribution in [-0.4, -0.2) is 36.0 Å². The lowest BCUT2D eigenvalue weighted by Crippen LogP contribution is -2.41. The molecule has 1 aliphatic rings. The number of halogens is 1. The van der Waals surface area contributed by atoms with Crippen LogP contribution in [0.1, 0.15) is 58.7 Å². The first kappa shape index (κ1) is 25.3. The summed E-state index contributed by atoms with van der Waals surface area (Å²) in [6, 6.07) is 10.6. The topological polar surface area (TPSA) is 58.9 Å². The van der Waals surface area contributed by atoms with Crippen LogP contribution in [0.15, 0.2) is 42.6 Å². The lowest BCUT2D eigenvalue weighted by Gasteiger charge is -2.32. The van der Waals surface area contributed by atoms with Crippen LogP contribution in [0.4, 0.5) is 4.39 Å². The van der Waals surface area contributed by atoms with Gasteiger partial charge in [-0.15, -0.1) is 0 Å². The van der Waals surface area contributed by atoms with Crippen molar-refractivity contribution < 1.29 is 28.0 Å². The molecule has 2 aromatic carbocycles. The van der Waals surface area contributed by atoms with E-state index in [1.165, 1.54) is 19.2 Å². The molecular weight excluding hydrogens is 448 g/mol. The predicted octanol–water partition coefficient (Wildman–Crippen LogP) is 4.96. The minimum atomic E-state index is -0.533. The third-order valence-electron chi connectivity index (χ3n) is 6.98. The summed E-state index contributed by atoms with van der Waals surface area (Å²) in [5, 5.41) is 1.05. The van der Waals surface area contributed by atoms with Crippen molar-refractivity contribution in [2.45, 2.75) is 71.8 Å². The number of esters is 1. The van der Waals surface area contributed by atoms with E-state index in [1.807, 2.05) is 33.8 Å². The number of benzene rings is 2. The molecule has 1 saturated heterocycles. The van der Waals surface area contributed by atoms with E-state index in [0.29, 0.717) is 11.3 Å². The van der Waals surface area contributed by atoms with Gasteiger partial charge < -0.3 is 23.3 Å². The molecule has 0 N–H and O–H groups in total. The van der Waals surface area contributed by atoms with Gasteiger partial charge in [0.1, 0.15) is 18.2 Å². The molecule has 0 unspecified atom stereocenters. The molecule has 3 aromatic rings. The number of rotatable bonds is 7. The molecule has 4 rings (SSSR count). The van der Waals surface area contributed by atoms with E-state index >= 15 is 0 Å². The molecule has 8 heteroatoms. The zero-order valence-electron chi connectivity index (χ0n) is 21.5. The monoisotopic (exact) mass is 481 g/mol. The number of hydrogen-bond acceptors (Lipinski definition) is 5. The fraction of sp³-hybridized carbons (Fsp3) is 0.444. The van der Waals surface area contributed by atoms with Crippen LogP contribution in [0.2, 0.25) is 0 Å². The van der Waals surface area contributed by atoms with E-state index in [9.17, 15) is 9.18 Å². The molecule has 0 radical (unpaired) electrons. The molecule has 0 bridgehead atoms. The fourth-order valence-electron chi connectivity index (χ4n) is 4.25. The van der Waals surface area contributed by atoms with Gasteiger partial charge in [-0.25, -0.2) is 4.39 Å². The molecule has 186 valence electrons. The second-order valence-corrected chi connectivity index (χ2v) is 10.3. The van der Waals surface area contributed by atoms with Gasteiger partial charge in [-0.2, -0.15) is 0 Å². The molecular formula is C27H33BFNO5. The molecule has 0 amide bonds. The molecule has 35 heavy (non-hydrogen) atoms. The smallest absolute Gasteiger partial charge is 0.488 e. The van der Waals surface area contributed by atoms with Crippen molar-refractivity contribution in [3.05, 3.63) is 59.5 Å². The second kappa shape index (κ2) is 9.32. The number of methoxy groups -OCH3 is 1. The maximum Gasteiger partial charge on any atom is 0.495 e. The van der Waals surface area contributed by atoms with Gasteiger partial charge in [0.2, 0.25) is 0 Å². The molecule has 1 aromatic heterocycles. The van der Waals surface area contributed by atoms with Gasteiger partial charge in [-0.3, -0.25) is 4.79 Å². The van der Waals surface area contributed by atoms with Crippen molar-refractivity contribution in [1.29, 1.82) is 0 Å². The fourth-order valence-corrected chi connectivity index (χ4v) is 4.25. The van der Waals surface area contributed by atoms with E-state index in [1.54, 1.807) is 6.07 Å². The maximum absolute atomic E-state index is 14.0. The van der Waals surface area contributed by atoms with Crippen molar-refractivity contribution >= 4 is 29.5 Å². The van der Waals surface area contributed by atoms with E-state index in [2.05, 4.69) is 36.7 Å². The van der Waals surface area contributed by atoms with Crippen molar-refractivity contribution in [3.8, 4) is 5.75 Å². The Labute approximate surface area is 206 Å². The summed E-state index contributed by atoms with van der Waals surface area (Å²) in [7, 11) is 0.789. The lowest BCUT2D eigenvalue weighted by molar-refractivity contribution is -0.139. The number of carbonyl (C=O) groups excluding carboxylic acids is 1. The van der Waals surface area contributed by atoms with E-state index in [-0.39, 0.29) is 19.1 Å². The van der Waals surface area contributed by atoms with Crippen LogP contribution in [0.3, 0.4) is 0 Å². The summed E-state index contributed by atoms with van der Waals surface area (Å²) < 4.78 is 39.7. The number of ether oxygens (including phenoxy) is 2. The van der Waals surface area contributed by atoms with Crippen LogP contribution in [-0.2, 0) is 31.9 Å². The molecule has 6 nitrogen and oxygen atoms in total. The van der Waals surface area contributed by atoms with Gasteiger partial charge in [0, 0.05) is 29.4 Å². The standard InChI is InChI=1S/C27H33BFNO5/c1-17(2)30-11-10-21-22(28-34-26(3,4)27(5,6)35-28)12-18(13-23(21)30)16-33-24-15-20(29)9-8-19(24)14-25(31)32-7/h8-13,15,17H,14,16H2,1-7H3. The molecule has 2 heterocycles. The number of aromatic nitrogens is 1. The molecule has 1 aliphatic heterocycles. The van der Waals surface area contributed by atoms with Gasteiger partial charge in [0.25, 0.3) is 0 Å². The average molecular weight is 481 g/mol. The summed E-state index contributed by atoms with van der Waals surface area (Å²) in [5.74, 6) is -0.539. The highest BCUT2D eigenvalue weighted by atomic mass is 19.1. The molecule has 0 atom stereocenters. The molecule has 0 aliphatic carbocycles. The van der Waals surface area contributed by atoms with Crippen LogP contribution in [0, 0.1) is 5.82 Å². The van der Waals surface area contributed by atoms with Gasteiger partial charge >= 0.3 is 13.1 Å². The first-order valence-corrected chi connectivity index (χ1v) is 11.9.